The summed E-state index contributed by atoms with van der Waals surface area (Å²) in [5, 5.41) is 10.8. The molecule has 0 aliphatic carbocycles. The molecule has 4 rings (SSSR count). The Labute approximate surface area is 164 Å². The van der Waals surface area contributed by atoms with E-state index in [0.717, 1.165) is 0 Å². The van der Waals surface area contributed by atoms with Crippen molar-refractivity contribution >= 4 is 35.1 Å². The quantitative estimate of drug-likeness (QED) is 0.722. The molecule has 1 fully saturated rings. The molecule has 0 unspecified atom stereocenters. The fourth-order valence-corrected chi connectivity index (χ4v) is 3.09. The van der Waals surface area contributed by atoms with Gasteiger partial charge >= 0.3 is 6.01 Å². The third-order valence-electron chi connectivity index (χ3n) is 4.38. The zero-order valence-corrected chi connectivity index (χ0v) is 15.2. The van der Waals surface area contributed by atoms with Crippen LogP contribution in [0.5, 0.6) is 0 Å². The Morgan fingerprint density at radius 2 is 1.86 bits per heavy atom. The first-order valence-corrected chi connectivity index (χ1v) is 8.83. The van der Waals surface area contributed by atoms with Crippen LogP contribution in [0.4, 0.5) is 16.1 Å². The van der Waals surface area contributed by atoms with Gasteiger partial charge in [-0.15, -0.1) is 5.10 Å². The highest BCUT2D eigenvalue weighted by Crippen LogP contribution is 2.31. The smallest absolute Gasteiger partial charge is 0.322 e. The van der Waals surface area contributed by atoms with Gasteiger partial charge < -0.3 is 9.32 Å². The molecule has 142 valence electrons. The van der Waals surface area contributed by atoms with E-state index in [-0.39, 0.29) is 36.0 Å². The Bertz CT molecular complexity index is 1020. The molecule has 1 N–H and O–H groups in total. The van der Waals surface area contributed by atoms with Gasteiger partial charge in [-0.25, -0.2) is 4.39 Å². The van der Waals surface area contributed by atoms with Crippen LogP contribution in [-0.4, -0.2) is 28.6 Å². The van der Waals surface area contributed by atoms with Crippen LogP contribution in [-0.2, 0) is 4.79 Å². The van der Waals surface area contributed by atoms with Gasteiger partial charge in [-0.3, -0.25) is 14.9 Å². The van der Waals surface area contributed by atoms with E-state index in [4.69, 9.17) is 16.0 Å². The summed E-state index contributed by atoms with van der Waals surface area (Å²) in [6.07, 6.45) is 0.185. The average Bonchev–Trinajstić information content (AvgIpc) is 3.29. The summed E-state index contributed by atoms with van der Waals surface area (Å²) in [5.41, 5.74) is 0.993. The maximum atomic E-state index is 13.1. The van der Waals surface area contributed by atoms with Gasteiger partial charge in [0, 0.05) is 29.2 Å². The van der Waals surface area contributed by atoms with Crippen LogP contribution in [0.1, 0.15) is 28.6 Å². The SMILES string of the molecule is O=C(Nc1nnc([C@H]2CC(=O)N(c3ccc(F)cc3)C2)o1)c1ccc(Cl)cc1. The van der Waals surface area contributed by atoms with Gasteiger partial charge in [0.15, 0.2) is 0 Å². The van der Waals surface area contributed by atoms with Crippen LogP contribution in [0.3, 0.4) is 0 Å². The minimum atomic E-state index is -0.415. The standard InChI is InChI=1S/C19H14ClFN4O3/c20-13-3-1-11(2-4-13)17(27)22-19-24-23-18(28-19)12-9-16(26)25(10-12)15-7-5-14(21)6-8-15/h1-8,12H,9-10H2,(H,22,24,27)/t12-/m0/s1. The monoisotopic (exact) mass is 400 g/mol. The molecule has 28 heavy (non-hydrogen) atoms. The summed E-state index contributed by atoms with van der Waals surface area (Å²) in [5.74, 6) is -0.968. The molecule has 1 aliphatic heterocycles. The number of benzene rings is 2. The molecule has 0 radical (unpaired) electrons. The Morgan fingerprint density at radius 1 is 1.14 bits per heavy atom. The summed E-state index contributed by atoms with van der Waals surface area (Å²) in [6, 6.07) is 12.0. The number of aromatic nitrogens is 2. The van der Waals surface area contributed by atoms with Crippen molar-refractivity contribution in [1.82, 2.24) is 10.2 Å². The summed E-state index contributed by atoms with van der Waals surface area (Å²) in [7, 11) is 0. The molecule has 0 spiro atoms. The zero-order chi connectivity index (χ0) is 19.7. The maximum Gasteiger partial charge on any atom is 0.322 e. The predicted octanol–water partition coefficient (Wildman–Crippen LogP) is 3.63. The van der Waals surface area contributed by atoms with Gasteiger partial charge in [0.25, 0.3) is 5.91 Å². The molecule has 2 heterocycles. The first-order valence-electron chi connectivity index (χ1n) is 8.46. The molecule has 1 aromatic heterocycles. The van der Waals surface area contributed by atoms with Crippen LogP contribution in [0.15, 0.2) is 52.9 Å². The van der Waals surface area contributed by atoms with Gasteiger partial charge in [-0.05, 0) is 48.5 Å². The van der Waals surface area contributed by atoms with Crippen LogP contribution in [0.25, 0.3) is 0 Å². The van der Waals surface area contributed by atoms with E-state index in [9.17, 15) is 14.0 Å². The Kier molecular flexibility index (Phi) is 4.79. The van der Waals surface area contributed by atoms with Gasteiger partial charge in [0.2, 0.25) is 11.8 Å². The summed E-state index contributed by atoms with van der Waals surface area (Å²) >= 11 is 5.81. The van der Waals surface area contributed by atoms with E-state index in [1.54, 1.807) is 41.3 Å². The van der Waals surface area contributed by atoms with E-state index in [1.165, 1.54) is 12.1 Å². The van der Waals surface area contributed by atoms with Crippen molar-refractivity contribution in [3.05, 3.63) is 70.8 Å². The molecule has 9 heteroatoms. The van der Waals surface area contributed by atoms with Crippen LogP contribution < -0.4 is 10.2 Å². The van der Waals surface area contributed by atoms with Gasteiger partial charge in [0.1, 0.15) is 5.82 Å². The van der Waals surface area contributed by atoms with Crippen LogP contribution in [0, 0.1) is 5.82 Å². The van der Waals surface area contributed by atoms with E-state index >= 15 is 0 Å². The number of rotatable bonds is 4. The normalized spacial score (nSPS) is 16.4. The minimum absolute atomic E-state index is 0.0531. The van der Waals surface area contributed by atoms with Crippen molar-refractivity contribution in [2.24, 2.45) is 0 Å². The van der Waals surface area contributed by atoms with Gasteiger partial charge in [-0.1, -0.05) is 16.7 Å². The number of hydrogen-bond acceptors (Lipinski definition) is 5. The number of amides is 2. The number of halogens is 2. The van der Waals surface area contributed by atoms with E-state index in [1.807, 2.05) is 0 Å². The number of hydrogen-bond donors (Lipinski definition) is 1. The maximum absolute atomic E-state index is 13.1. The molecule has 3 aromatic rings. The zero-order valence-electron chi connectivity index (χ0n) is 14.4. The molecule has 0 saturated carbocycles. The molecule has 1 saturated heterocycles. The largest absolute Gasteiger partial charge is 0.407 e. The highest BCUT2D eigenvalue weighted by atomic mass is 35.5. The second-order valence-corrected chi connectivity index (χ2v) is 6.72. The summed E-state index contributed by atoms with van der Waals surface area (Å²) in [4.78, 5) is 26.0. The number of carbonyl (C=O) groups is 2. The second-order valence-electron chi connectivity index (χ2n) is 6.29. The fourth-order valence-electron chi connectivity index (χ4n) is 2.96. The minimum Gasteiger partial charge on any atom is -0.407 e. The van der Waals surface area contributed by atoms with Crippen molar-refractivity contribution in [3.8, 4) is 0 Å². The molecule has 0 bridgehead atoms. The van der Waals surface area contributed by atoms with Gasteiger partial charge in [-0.2, -0.15) is 0 Å². The fraction of sp³-hybridized carbons (Fsp3) is 0.158. The number of nitrogens with zero attached hydrogens (tertiary/aromatic N) is 3. The molecule has 1 atom stereocenters. The lowest BCUT2D eigenvalue weighted by atomic mass is 10.1. The highest BCUT2D eigenvalue weighted by molar-refractivity contribution is 6.30. The number of nitrogens with one attached hydrogen (secondary N) is 1. The number of carbonyl (C=O) groups excluding carboxylic acids is 2. The van der Waals surface area contributed by atoms with E-state index in [0.29, 0.717) is 22.8 Å². The van der Waals surface area contributed by atoms with Crippen molar-refractivity contribution in [1.29, 1.82) is 0 Å². The third kappa shape index (κ3) is 3.72. The lowest BCUT2D eigenvalue weighted by Gasteiger charge is -2.15. The van der Waals surface area contributed by atoms with Crippen molar-refractivity contribution in [2.45, 2.75) is 12.3 Å². The van der Waals surface area contributed by atoms with Crippen LogP contribution >= 0.6 is 11.6 Å². The molecule has 2 amide bonds. The third-order valence-corrected chi connectivity index (χ3v) is 4.63. The van der Waals surface area contributed by atoms with Gasteiger partial charge in [0.05, 0.1) is 5.92 Å². The molecular weight excluding hydrogens is 387 g/mol. The molecule has 2 aromatic carbocycles. The average molecular weight is 401 g/mol. The van der Waals surface area contributed by atoms with Crippen molar-refractivity contribution in [2.75, 3.05) is 16.8 Å². The topological polar surface area (TPSA) is 88.3 Å². The molecular formula is C19H14ClFN4O3. The Balaban J connectivity index is 1.44. The first-order chi connectivity index (χ1) is 13.5. The predicted molar refractivity (Wildman–Crippen MR) is 99.8 cm³/mol. The molecule has 1 aliphatic rings. The van der Waals surface area contributed by atoms with Crippen LogP contribution in [0.2, 0.25) is 5.02 Å². The second kappa shape index (κ2) is 7.40. The summed E-state index contributed by atoms with van der Waals surface area (Å²) < 4.78 is 18.6. The lowest BCUT2D eigenvalue weighted by molar-refractivity contribution is -0.117. The highest BCUT2D eigenvalue weighted by Gasteiger charge is 2.35. The Hall–Kier alpha value is -3.26. The van der Waals surface area contributed by atoms with Crippen molar-refractivity contribution in [3.63, 3.8) is 0 Å². The first kappa shape index (κ1) is 18.1. The number of anilines is 2. The lowest BCUT2D eigenvalue weighted by Crippen LogP contribution is -2.24. The molecule has 7 nitrogen and oxygen atoms in total. The van der Waals surface area contributed by atoms with E-state index in [2.05, 4.69) is 15.5 Å². The Morgan fingerprint density at radius 3 is 2.57 bits per heavy atom. The summed E-state index contributed by atoms with van der Waals surface area (Å²) in [6.45, 7) is 0.331. The van der Waals surface area contributed by atoms with E-state index < -0.39 is 5.91 Å². The van der Waals surface area contributed by atoms with Crippen molar-refractivity contribution < 1.29 is 18.4 Å².